The predicted octanol–water partition coefficient (Wildman–Crippen LogP) is 4.27. The van der Waals surface area contributed by atoms with Crippen LogP contribution < -0.4 is 0 Å². The molecule has 6 heteroatoms. The molecule has 0 unspecified atom stereocenters. The third-order valence-corrected chi connectivity index (χ3v) is 3.69. The van der Waals surface area contributed by atoms with Crippen LogP contribution in [0, 0.1) is 10.1 Å². The van der Waals surface area contributed by atoms with Crippen molar-refractivity contribution in [2.45, 2.75) is 11.5 Å². The van der Waals surface area contributed by atoms with Gasteiger partial charge in [0, 0.05) is 22.9 Å². The predicted molar refractivity (Wildman–Crippen MR) is 71.8 cm³/mol. The van der Waals surface area contributed by atoms with Crippen LogP contribution in [0.4, 0.5) is 5.69 Å². The molecule has 0 aliphatic heterocycles. The van der Waals surface area contributed by atoms with Crippen molar-refractivity contribution >= 4 is 29.1 Å². The average Bonchev–Trinajstić information content (AvgIpc) is 2.84. The lowest BCUT2D eigenvalue weighted by molar-refractivity contribution is -0.384. The van der Waals surface area contributed by atoms with E-state index in [-0.39, 0.29) is 5.69 Å². The number of non-ortho nitro benzene ring substituents is 1. The summed E-state index contributed by atoms with van der Waals surface area (Å²) in [5.74, 6) is 2.20. The molecular formula is C12H10ClNO3S. The first-order valence-corrected chi connectivity index (χ1v) is 6.73. The molecule has 0 atom stereocenters. The summed E-state index contributed by atoms with van der Waals surface area (Å²) >= 11 is 7.60. The highest BCUT2D eigenvalue weighted by Crippen LogP contribution is 2.27. The summed E-state index contributed by atoms with van der Waals surface area (Å²) in [6.07, 6.45) is 1.62. The Morgan fingerprint density at radius 2 is 2.17 bits per heavy atom. The molecule has 2 aromatic rings. The van der Waals surface area contributed by atoms with Crippen molar-refractivity contribution in [1.82, 2.24) is 0 Å². The van der Waals surface area contributed by atoms with E-state index in [1.807, 2.05) is 12.1 Å². The maximum atomic E-state index is 10.7. The minimum Gasteiger partial charge on any atom is -0.468 e. The van der Waals surface area contributed by atoms with Gasteiger partial charge in [0.1, 0.15) is 5.76 Å². The second kappa shape index (κ2) is 5.93. The Balaban J connectivity index is 2.00. The van der Waals surface area contributed by atoms with Gasteiger partial charge in [-0.05, 0) is 23.8 Å². The number of hydrogen-bond donors (Lipinski definition) is 0. The lowest BCUT2D eigenvalue weighted by Crippen LogP contribution is -1.91. The van der Waals surface area contributed by atoms with Crippen molar-refractivity contribution < 1.29 is 9.34 Å². The number of furan rings is 1. The van der Waals surface area contributed by atoms with E-state index in [4.69, 9.17) is 16.0 Å². The van der Waals surface area contributed by atoms with Crippen LogP contribution in [-0.2, 0) is 11.5 Å². The minimum absolute atomic E-state index is 0.0630. The fourth-order valence-corrected chi connectivity index (χ4v) is 2.63. The van der Waals surface area contributed by atoms with Gasteiger partial charge in [-0.3, -0.25) is 10.1 Å². The first-order valence-electron chi connectivity index (χ1n) is 5.20. The van der Waals surface area contributed by atoms with Crippen molar-refractivity contribution in [3.63, 3.8) is 0 Å². The molecule has 0 spiro atoms. The largest absolute Gasteiger partial charge is 0.468 e. The molecule has 0 aliphatic carbocycles. The van der Waals surface area contributed by atoms with Gasteiger partial charge in [0.05, 0.1) is 16.9 Å². The van der Waals surface area contributed by atoms with E-state index in [0.717, 1.165) is 11.3 Å². The number of nitro groups is 1. The van der Waals surface area contributed by atoms with Crippen LogP contribution in [0.25, 0.3) is 0 Å². The third kappa shape index (κ3) is 3.27. The summed E-state index contributed by atoms with van der Waals surface area (Å²) in [7, 11) is 0. The van der Waals surface area contributed by atoms with Crippen LogP contribution in [-0.4, -0.2) is 4.92 Å². The topological polar surface area (TPSA) is 56.3 Å². The van der Waals surface area contributed by atoms with Crippen molar-refractivity contribution in [3.05, 3.63) is 63.1 Å². The molecule has 1 aromatic carbocycles. The summed E-state index contributed by atoms with van der Waals surface area (Å²) < 4.78 is 5.20. The molecular weight excluding hydrogens is 274 g/mol. The van der Waals surface area contributed by atoms with Crippen LogP contribution in [0.2, 0.25) is 5.02 Å². The molecule has 0 N–H and O–H groups in total. The van der Waals surface area contributed by atoms with E-state index in [0.29, 0.717) is 16.5 Å². The number of benzene rings is 1. The maximum absolute atomic E-state index is 10.7. The Hall–Kier alpha value is -1.46. The van der Waals surface area contributed by atoms with Crippen LogP contribution in [0.1, 0.15) is 11.3 Å². The highest BCUT2D eigenvalue weighted by Gasteiger charge is 2.09. The maximum Gasteiger partial charge on any atom is 0.269 e. The summed E-state index contributed by atoms with van der Waals surface area (Å²) in [6, 6.07) is 8.20. The Morgan fingerprint density at radius 3 is 2.83 bits per heavy atom. The van der Waals surface area contributed by atoms with Gasteiger partial charge >= 0.3 is 0 Å². The zero-order chi connectivity index (χ0) is 13.0. The zero-order valence-corrected chi connectivity index (χ0v) is 10.9. The Kier molecular flexibility index (Phi) is 4.28. The smallest absolute Gasteiger partial charge is 0.269 e. The quantitative estimate of drug-likeness (QED) is 0.607. The van der Waals surface area contributed by atoms with Crippen molar-refractivity contribution in [2.24, 2.45) is 0 Å². The van der Waals surface area contributed by atoms with Crippen molar-refractivity contribution in [2.75, 3.05) is 0 Å². The fraction of sp³-hybridized carbons (Fsp3) is 0.167. The van der Waals surface area contributed by atoms with Crippen LogP contribution in [0.15, 0.2) is 41.0 Å². The van der Waals surface area contributed by atoms with Gasteiger partial charge < -0.3 is 4.42 Å². The van der Waals surface area contributed by atoms with Crippen LogP contribution in [0.3, 0.4) is 0 Å². The number of hydrogen-bond acceptors (Lipinski definition) is 4. The monoisotopic (exact) mass is 283 g/mol. The first kappa shape index (κ1) is 13.0. The number of halogens is 1. The van der Waals surface area contributed by atoms with E-state index in [1.165, 1.54) is 12.1 Å². The van der Waals surface area contributed by atoms with Gasteiger partial charge in [0.15, 0.2) is 0 Å². The number of rotatable bonds is 5. The lowest BCUT2D eigenvalue weighted by Gasteiger charge is -2.03. The summed E-state index contributed by atoms with van der Waals surface area (Å²) in [4.78, 5) is 10.2. The van der Waals surface area contributed by atoms with Crippen molar-refractivity contribution in [3.8, 4) is 0 Å². The third-order valence-electron chi connectivity index (χ3n) is 2.32. The highest BCUT2D eigenvalue weighted by atomic mass is 35.5. The first-order chi connectivity index (χ1) is 8.66. The Labute approximate surface area is 113 Å². The molecule has 0 aliphatic rings. The molecule has 0 radical (unpaired) electrons. The summed E-state index contributed by atoms with van der Waals surface area (Å²) in [6.45, 7) is 0. The molecule has 0 amide bonds. The van der Waals surface area contributed by atoms with Crippen molar-refractivity contribution in [1.29, 1.82) is 0 Å². The van der Waals surface area contributed by atoms with E-state index in [9.17, 15) is 10.1 Å². The van der Waals surface area contributed by atoms with Gasteiger partial charge in [-0.2, -0.15) is 0 Å². The second-order valence-corrected chi connectivity index (χ2v) is 5.00. The molecule has 0 saturated carbocycles. The zero-order valence-electron chi connectivity index (χ0n) is 9.34. The Morgan fingerprint density at radius 1 is 1.33 bits per heavy atom. The minimum atomic E-state index is -0.420. The van der Waals surface area contributed by atoms with Gasteiger partial charge in [-0.1, -0.05) is 11.6 Å². The van der Waals surface area contributed by atoms with Gasteiger partial charge in [0.2, 0.25) is 0 Å². The summed E-state index contributed by atoms with van der Waals surface area (Å²) in [5.41, 5.74) is 0.829. The molecule has 94 valence electrons. The normalized spacial score (nSPS) is 10.5. The number of nitro benzene ring substituents is 1. The van der Waals surface area contributed by atoms with E-state index in [2.05, 4.69) is 0 Å². The molecule has 0 fully saturated rings. The van der Waals surface area contributed by atoms with Gasteiger partial charge in [-0.25, -0.2) is 0 Å². The molecule has 18 heavy (non-hydrogen) atoms. The molecule has 0 bridgehead atoms. The number of thioether (sulfide) groups is 1. The standard InChI is InChI=1S/C12H10ClNO3S/c13-12-4-3-10(14(15)16)6-9(12)7-18-8-11-2-1-5-17-11/h1-6H,7-8H2. The second-order valence-electron chi connectivity index (χ2n) is 3.60. The van der Waals surface area contributed by atoms with E-state index < -0.39 is 4.92 Å². The molecule has 4 nitrogen and oxygen atoms in total. The molecule has 1 aromatic heterocycles. The SMILES string of the molecule is O=[N+]([O-])c1ccc(Cl)c(CSCc2ccco2)c1. The molecule has 1 heterocycles. The van der Waals surface area contributed by atoms with E-state index in [1.54, 1.807) is 24.1 Å². The summed E-state index contributed by atoms with van der Waals surface area (Å²) in [5, 5.41) is 11.2. The lowest BCUT2D eigenvalue weighted by atomic mass is 10.2. The molecule has 0 saturated heterocycles. The van der Waals surface area contributed by atoms with Crippen LogP contribution in [0.5, 0.6) is 0 Å². The number of nitrogens with zero attached hydrogens (tertiary/aromatic N) is 1. The fourth-order valence-electron chi connectivity index (χ4n) is 1.44. The highest BCUT2D eigenvalue weighted by molar-refractivity contribution is 7.97. The molecule has 2 rings (SSSR count). The van der Waals surface area contributed by atoms with Crippen LogP contribution >= 0.6 is 23.4 Å². The van der Waals surface area contributed by atoms with Gasteiger partial charge in [0.25, 0.3) is 5.69 Å². The van der Waals surface area contributed by atoms with Gasteiger partial charge in [-0.15, -0.1) is 11.8 Å². The van der Waals surface area contributed by atoms with E-state index >= 15 is 0 Å². The average molecular weight is 284 g/mol. The Bertz CT molecular complexity index is 542.